The lowest BCUT2D eigenvalue weighted by atomic mass is 10.0. The fraction of sp³-hybridized carbons (Fsp3) is 0.412. The van der Waals surface area contributed by atoms with Gasteiger partial charge in [0.05, 0.1) is 17.3 Å². The van der Waals surface area contributed by atoms with Crippen LogP contribution in [0.5, 0.6) is 0 Å². The van der Waals surface area contributed by atoms with E-state index in [2.05, 4.69) is 10.3 Å². The predicted octanol–water partition coefficient (Wildman–Crippen LogP) is 3.01. The highest BCUT2D eigenvalue weighted by molar-refractivity contribution is 7.13. The first-order valence-electron chi connectivity index (χ1n) is 7.61. The van der Waals surface area contributed by atoms with Gasteiger partial charge in [-0.05, 0) is 30.0 Å². The molecule has 1 unspecified atom stereocenters. The van der Waals surface area contributed by atoms with Crippen molar-refractivity contribution in [3.8, 4) is 0 Å². The minimum Gasteiger partial charge on any atom is -0.393 e. The third kappa shape index (κ3) is 5.41. The Labute approximate surface area is 139 Å². The van der Waals surface area contributed by atoms with E-state index in [9.17, 15) is 14.3 Å². The van der Waals surface area contributed by atoms with Gasteiger partial charge in [-0.25, -0.2) is 9.37 Å². The SMILES string of the molecule is CC(C)C(O)CCNC(=O)c1cnc(Cc2ccc(F)cc2)s1. The molecule has 124 valence electrons. The number of thiazole rings is 1. The summed E-state index contributed by atoms with van der Waals surface area (Å²) in [5.74, 6) is -0.266. The number of hydrogen-bond donors (Lipinski definition) is 2. The Kier molecular flexibility index (Phi) is 6.24. The van der Waals surface area contributed by atoms with Crippen molar-refractivity contribution < 1.29 is 14.3 Å². The topological polar surface area (TPSA) is 62.2 Å². The second-order valence-corrected chi connectivity index (χ2v) is 6.89. The molecule has 0 saturated carbocycles. The second-order valence-electron chi connectivity index (χ2n) is 5.78. The lowest BCUT2D eigenvalue weighted by molar-refractivity contribution is 0.0923. The maximum absolute atomic E-state index is 12.9. The normalized spacial score (nSPS) is 12.4. The maximum Gasteiger partial charge on any atom is 0.263 e. The van der Waals surface area contributed by atoms with Crippen molar-refractivity contribution in [2.75, 3.05) is 6.54 Å². The van der Waals surface area contributed by atoms with Gasteiger partial charge in [-0.2, -0.15) is 0 Å². The number of nitrogens with zero attached hydrogens (tertiary/aromatic N) is 1. The molecule has 1 aromatic carbocycles. The van der Waals surface area contributed by atoms with E-state index in [1.807, 2.05) is 13.8 Å². The molecule has 1 atom stereocenters. The molecular formula is C17H21FN2O2S. The van der Waals surface area contributed by atoms with E-state index < -0.39 is 6.10 Å². The van der Waals surface area contributed by atoms with Crippen molar-refractivity contribution in [2.24, 2.45) is 5.92 Å². The highest BCUT2D eigenvalue weighted by Gasteiger charge is 2.13. The van der Waals surface area contributed by atoms with E-state index in [-0.39, 0.29) is 17.6 Å². The summed E-state index contributed by atoms with van der Waals surface area (Å²) in [5, 5.41) is 13.3. The first-order valence-corrected chi connectivity index (χ1v) is 8.42. The standard InChI is InChI=1S/C17H21FN2O2S/c1-11(2)14(21)7-8-19-17(22)15-10-20-16(23-15)9-12-3-5-13(18)6-4-12/h3-6,10-11,14,21H,7-9H2,1-2H3,(H,19,22). The molecule has 0 aliphatic carbocycles. The van der Waals surface area contributed by atoms with Gasteiger partial charge in [0.2, 0.25) is 0 Å². The summed E-state index contributed by atoms with van der Waals surface area (Å²) in [6.45, 7) is 4.32. The van der Waals surface area contributed by atoms with Gasteiger partial charge in [0, 0.05) is 13.0 Å². The molecule has 0 fully saturated rings. The third-order valence-corrected chi connectivity index (χ3v) is 4.54. The highest BCUT2D eigenvalue weighted by atomic mass is 32.1. The van der Waals surface area contributed by atoms with Gasteiger partial charge in [0.15, 0.2) is 0 Å². The van der Waals surface area contributed by atoms with Gasteiger partial charge in [-0.1, -0.05) is 26.0 Å². The molecule has 2 aromatic rings. The number of halogens is 1. The summed E-state index contributed by atoms with van der Waals surface area (Å²) < 4.78 is 12.9. The molecule has 1 aromatic heterocycles. The van der Waals surface area contributed by atoms with Crippen LogP contribution >= 0.6 is 11.3 Å². The van der Waals surface area contributed by atoms with Crippen molar-refractivity contribution >= 4 is 17.2 Å². The van der Waals surface area contributed by atoms with E-state index >= 15 is 0 Å². The molecule has 1 amide bonds. The van der Waals surface area contributed by atoms with Crippen molar-refractivity contribution in [2.45, 2.75) is 32.8 Å². The van der Waals surface area contributed by atoms with Crippen LogP contribution in [0.25, 0.3) is 0 Å². The van der Waals surface area contributed by atoms with Crippen molar-refractivity contribution in [1.29, 1.82) is 0 Å². The van der Waals surface area contributed by atoms with Crippen molar-refractivity contribution in [1.82, 2.24) is 10.3 Å². The first kappa shape index (κ1) is 17.6. The molecule has 0 aliphatic rings. The van der Waals surface area contributed by atoms with Crippen LogP contribution in [-0.2, 0) is 6.42 Å². The molecular weight excluding hydrogens is 315 g/mol. The second kappa shape index (κ2) is 8.17. The van der Waals surface area contributed by atoms with E-state index in [4.69, 9.17) is 0 Å². The lowest BCUT2D eigenvalue weighted by Gasteiger charge is -2.14. The Morgan fingerprint density at radius 3 is 2.70 bits per heavy atom. The molecule has 0 radical (unpaired) electrons. The quantitative estimate of drug-likeness (QED) is 0.817. The number of carbonyl (C=O) groups excluding carboxylic acids is 1. The van der Waals surface area contributed by atoms with E-state index in [0.29, 0.717) is 24.3 Å². The highest BCUT2D eigenvalue weighted by Crippen LogP contribution is 2.17. The zero-order valence-corrected chi connectivity index (χ0v) is 14.1. The lowest BCUT2D eigenvalue weighted by Crippen LogP contribution is -2.28. The number of carbonyl (C=O) groups is 1. The van der Waals surface area contributed by atoms with Crippen molar-refractivity contribution in [3.05, 3.63) is 51.7 Å². The van der Waals surface area contributed by atoms with E-state index in [1.165, 1.54) is 23.5 Å². The molecule has 2 rings (SSSR count). The number of nitrogens with one attached hydrogen (secondary N) is 1. The molecule has 2 N–H and O–H groups in total. The minimum atomic E-state index is -0.411. The number of aromatic nitrogens is 1. The third-order valence-electron chi connectivity index (χ3n) is 3.54. The summed E-state index contributed by atoms with van der Waals surface area (Å²) >= 11 is 1.33. The average molecular weight is 336 g/mol. The Hall–Kier alpha value is -1.79. The fourth-order valence-electron chi connectivity index (χ4n) is 2.03. The Bertz CT molecular complexity index is 640. The molecule has 0 spiro atoms. The molecule has 0 bridgehead atoms. The summed E-state index contributed by atoms with van der Waals surface area (Å²) in [4.78, 5) is 16.8. The Morgan fingerprint density at radius 1 is 1.35 bits per heavy atom. The smallest absolute Gasteiger partial charge is 0.263 e. The van der Waals surface area contributed by atoms with Crippen LogP contribution < -0.4 is 5.32 Å². The zero-order chi connectivity index (χ0) is 16.8. The number of amides is 1. The maximum atomic E-state index is 12.9. The van der Waals surface area contributed by atoms with Gasteiger partial charge in [0.25, 0.3) is 5.91 Å². The molecule has 6 heteroatoms. The number of aliphatic hydroxyl groups excluding tert-OH is 1. The number of benzene rings is 1. The fourth-order valence-corrected chi connectivity index (χ4v) is 2.90. The number of rotatable bonds is 7. The van der Waals surface area contributed by atoms with Crippen LogP contribution in [0.2, 0.25) is 0 Å². The van der Waals surface area contributed by atoms with E-state index in [1.54, 1.807) is 18.3 Å². The van der Waals surface area contributed by atoms with Gasteiger partial charge < -0.3 is 10.4 Å². The average Bonchev–Trinajstić information content (AvgIpc) is 2.98. The monoisotopic (exact) mass is 336 g/mol. The van der Waals surface area contributed by atoms with Crippen LogP contribution in [0.15, 0.2) is 30.5 Å². The molecule has 1 heterocycles. The van der Waals surface area contributed by atoms with Gasteiger partial charge in [0.1, 0.15) is 10.7 Å². The molecule has 0 saturated heterocycles. The molecule has 4 nitrogen and oxygen atoms in total. The largest absolute Gasteiger partial charge is 0.393 e. The first-order chi connectivity index (χ1) is 11.0. The van der Waals surface area contributed by atoms with Gasteiger partial charge in [-0.15, -0.1) is 11.3 Å². The predicted molar refractivity (Wildman–Crippen MR) is 89.1 cm³/mol. The van der Waals surface area contributed by atoms with Crippen LogP contribution in [0, 0.1) is 11.7 Å². The number of hydrogen-bond acceptors (Lipinski definition) is 4. The summed E-state index contributed by atoms with van der Waals surface area (Å²) in [6.07, 6.45) is 2.25. The van der Waals surface area contributed by atoms with E-state index in [0.717, 1.165) is 10.6 Å². The van der Waals surface area contributed by atoms with Crippen LogP contribution in [-0.4, -0.2) is 28.6 Å². The number of aliphatic hydroxyl groups is 1. The summed E-state index contributed by atoms with van der Waals surface area (Å²) in [7, 11) is 0. The minimum absolute atomic E-state index is 0.177. The summed E-state index contributed by atoms with van der Waals surface area (Å²) in [6, 6.07) is 6.25. The summed E-state index contributed by atoms with van der Waals surface area (Å²) in [5.41, 5.74) is 0.952. The van der Waals surface area contributed by atoms with Gasteiger partial charge in [-0.3, -0.25) is 4.79 Å². The van der Waals surface area contributed by atoms with Crippen LogP contribution in [0.1, 0.15) is 40.5 Å². The Balaban J connectivity index is 1.86. The molecule has 0 aliphatic heterocycles. The van der Waals surface area contributed by atoms with Crippen LogP contribution in [0.4, 0.5) is 4.39 Å². The zero-order valence-electron chi connectivity index (χ0n) is 13.3. The van der Waals surface area contributed by atoms with Gasteiger partial charge >= 0.3 is 0 Å². The van der Waals surface area contributed by atoms with Crippen molar-refractivity contribution in [3.63, 3.8) is 0 Å². The van der Waals surface area contributed by atoms with Crippen LogP contribution in [0.3, 0.4) is 0 Å². The molecule has 23 heavy (non-hydrogen) atoms. The Morgan fingerprint density at radius 2 is 2.04 bits per heavy atom.